The van der Waals surface area contributed by atoms with Crippen LogP contribution in [-0.2, 0) is 14.3 Å². The number of nitrogens with two attached hydrogens (primary N) is 1. The van der Waals surface area contributed by atoms with Crippen molar-refractivity contribution in [1.29, 1.82) is 0 Å². The zero-order valence-electron chi connectivity index (χ0n) is 13.1. The van der Waals surface area contributed by atoms with Crippen LogP contribution in [0.5, 0.6) is 0 Å². The van der Waals surface area contributed by atoms with Gasteiger partial charge in [-0.15, -0.1) is 0 Å². The van der Waals surface area contributed by atoms with Crippen LogP contribution in [-0.4, -0.2) is 31.8 Å². The lowest BCUT2D eigenvalue weighted by atomic mass is 10.2. The summed E-state index contributed by atoms with van der Waals surface area (Å²) in [5, 5.41) is 2.83. The van der Waals surface area contributed by atoms with Crippen molar-refractivity contribution in [2.45, 2.75) is 39.7 Å². The van der Waals surface area contributed by atoms with Crippen molar-refractivity contribution in [2.75, 3.05) is 30.9 Å². The molecule has 0 radical (unpaired) electrons. The van der Waals surface area contributed by atoms with Gasteiger partial charge in [0.15, 0.2) is 0 Å². The molecular weight excluding hydrogens is 268 g/mol. The maximum atomic E-state index is 12.0. The van der Waals surface area contributed by atoms with Crippen molar-refractivity contribution >= 4 is 17.3 Å². The van der Waals surface area contributed by atoms with Crippen LogP contribution in [0.15, 0.2) is 18.2 Å². The summed E-state index contributed by atoms with van der Waals surface area (Å²) in [5.74, 6) is -0.183. The summed E-state index contributed by atoms with van der Waals surface area (Å²) in [6.07, 6.45) is 1.63. The van der Waals surface area contributed by atoms with Gasteiger partial charge in [-0.05, 0) is 38.0 Å². The van der Waals surface area contributed by atoms with Crippen LogP contribution in [0.1, 0.15) is 32.3 Å². The van der Waals surface area contributed by atoms with Crippen LogP contribution < -0.4 is 11.1 Å². The molecule has 0 aliphatic carbocycles. The molecule has 0 fully saturated rings. The van der Waals surface area contributed by atoms with Gasteiger partial charge in [0.05, 0.1) is 13.2 Å². The van der Waals surface area contributed by atoms with Gasteiger partial charge in [-0.3, -0.25) is 4.79 Å². The second-order valence-electron chi connectivity index (χ2n) is 5.04. The predicted octanol–water partition coefficient (Wildman–Crippen LogP) is 2.74. The standard InChI is InChI=1S/C16H26N2O3/c1-4-5-8-20-9-10-21-13(3)16(19)18-15-11-14(17)7-6-12(15)2/h6-7,11,13H,4-5,8-10,17H2,1-3H3,(H,18,19). The fourth-order valence-electron chi connectivity index (χ4n) is 1.72. The SMILES string of the molecule is CCCCOCCOC(C)C(=O)Nc1cc(N)ccc1C. The minimum atomic E-state index is -0.527. The molecule has 0 saturated carbocycles. The highest BCUT2D eigenvalue weighted by atomic mass is 16.5. The van der Waals surface area contributed by atoms with Gasteiger partial charge in [-0.2, -0.15) is 0 Å². The first-order chi connectivity index (χ1) is 10.0. The summed E-state index contributed by atoms with van der Waals surface area (Å²) in [6.45, 7) is 7.42. The van der Waals surface area contributed by atoms with Gasteiger partial charge in [0.2, 0.25) is 0 Å². The second kappa shape index (κ2) is 9.37. The molecule has 1 unspecified atom stereocenters. The number of hydrogen-bond acceptors (Lipinski definition) is 4. The number of aryl methyl sites for hydroxylation is 1. The second-order valence-corrected chi connectivity index (χ2v) is 5.04. The summed E-state index contributed by atoms with van der Waals surface area (Å²) in [7, 11) is 0. The molecule has 1 aromatic rings. The highest BCUT2D eigenvalue weighted by molar-refractivity contribution is 5.95. The Balaban J connectivity index is 2.32. The molecule has 0 heterocycles. The maximum absolute atomic E-state index is 12.0. The molecule has 118 valence electrons. The van der Waals surface area contributed by atoms with Crippen molar-refractivity contribution in [3.63, 3.8) is 0 Å². The fraction of sp³-hybridized carbons (Fsp3) is 0.562. The first-order valence-corrected chi connectivity index (χ1v) is 7.41. The van der Waals surface area contributed by atoms with Gasteiger partial charge in [0, 0.05) is 18.0 Å². The van der Waals surface area contributed by atoms with E-state index in [4.69, 9.17) is 15.2 Å². The molecule has 0 saturated heterocycles. The molecule has 5 nitrogen and oxygen atoms in total. The molecule has 1 aromatic carbocycles. The van der Waals surface area contributed by atoms with Crippen molar-refractivity contribution in [1.82, 2.24) is 0 Å². The molecule has 3 N–H and O–H groups in total. The molecule has 1 rings (SSSR count). The van der Waals surface area contributed by atoms with E-state index >= 15 is 0 Å². The molecule has 0 aliphatic heterocycles. The van der Waals surface area contributed by atoms with E-state index in [1.165, 1.54) is 0 Å². The van der Waals surface area contributed by atoms with E-state index in [0.29, 0.717) is 18.9 Å². The number of carbonyl (C=O) groups is 1. The number of ether oxygens (including phenoxy) is 2. The number of benzene rings is 1. The van der Waals surface area contributed by atoms with Gasteiger partial charge in [0.1, 0.15) is 6.10 Å². The average molecular weight is 294 g/mol. The lowest BCUT2D eigenvalue weighted by Crippen LogP contribution is -2.29. The molecule has 5 heteroatoms. The van der Waals surface area contributed by atoms with Crippen molar-refractivity contribution in [2.24, 2.45) is 0 Å². The minimum Gasteiger partial charge on any atom is -0.399 e. The molecule has 0 aromatic heterocycles. The lowest BCUT2D eigenvalue weighted by molar-refractivity contribution is -0.127. The Bertz CT molecular complexity index is 449. The summed E-state index contributed by atoms with van der Waals surface area (Å²) in [4.78, 5) is 12.0. The van der Waals surface area contributed by atoms with E-state index in [9.17, 15) is 4.79 Å². The monoisotopic (exact) mass is 294 g/mol. The van der Waals surface area contributed by atoms with Gasteiger partial charge in [0.25, 0.3) is 5.91 Å². The van der Waals surface area contributed by atoms with E-state index in [1.54, 1.807) is 19.1 Å². The lowest BCUT2D eigenvalue weighted by Gasteiger charge is -2.15. The van der Waals surface area contributed by atoms with Gasteiger partial charge < -0.3 is 20.5 Å². The van der Waals surface area contributed by atoms with Crippen LogP contribution in [0, 0.1) is 6.92 Å². The Kier molecular flexibility index (Phi) is 7.79. The van der Waals surface area contributed by atoms with E-state index < -0.39 is 6.10 Å². The molecule has 21 heavy (non-hydrogen) atoms. The van der Waals surface area contributed by atoms with E-state index in [0.717, 1.165) is 30.7 Å². The number of rotatable bonds is 9. The summed E-state index contributed by atoms with van der Waals surface area (Å²) >= 11 is 0. The zero-order valence-corrected chi connectivity index (χ0v) is 13.1. The van der Waals surface area contributed by atoms with Crippen LogP contribution in [0.25, 0.3) is 0 Å². The van der Waals surface area contributed by atoms with Crippen LogP contribution in [0.3, 0.4) is 0 Å². The van der Waals surface area contributed by atoms with Crippen LogP contribution in [0.4, 0.5) is 11.4 Å². The number of nitrogen functional groups attached to an aromatic ring is 1. The summed E-state index contributed by atoms with van der Waals surface area (Å²) in [6, 6.07) is 5.42. The van der Waals surface area contributed by atoms with Crippen LogP contribution in [0.2, 0.25) is 0 Å². The fourth-order valence-corrected chi connectivity index (χ4v) is 1.72. The third-order valence-corrected chi connectivity index (χ3v) is 3.13. The Morgan fingerprint density at radius 2 is 2.10 bits per heavy atom. The zero-order chi connectivity index (χ0) is 15.7. The maximum Gasteiger partial charge on any atom is 0.253 e. The Hall–Kier alpha value is -1.59. The Labute approximate surface area is 126 Å². The third kappa shape index (κ3) is 6.60. The first-order valence-electron chi connectivity index (χ1n) is 7.41. The normalized spacial score (nSPS) is 12.1. The van der Waals surface area contributed by atoms with Gasteiger partial charge >= 0.3 is 0 Å². The summed E-state index contributed by atoms with van der Waals surface area (Å²) in [5.41, 5.74) is 8.02. The van der Waals surface area contributed by atoms with Crippen molar-refractivity contribution in [3.05, 3.63) is 23.8 Å². The predicted molar refractivity (Wildman–Crippen MR) is 85.4 cm³/mol. The number of nitrogens with one attached hydrogen (secondary N) is 1. The molecule has 1 atom stereocenters. The molecule has 0 bridgehead atoms. The number of amides is 1. The molecule has 0 spiro atoms. The van der Waals surface area contributed by atoms with E-state index in [-0.39, 0.29) is 5.91 Å². The number of anilines is 2. The topological polar surface area (TPSA) is 73.6 Å². The Morgan fingerprint density at radius 1 is 1.33 bits per heavy atom. The number of hydrogen-bond donors (Lipinski definition) is 2. The highest BCUT2D eigenvalue weighted by Gasteiger charge is 2.14. The van der Waals surface area contributed by atoms with Crippen molar-refractivity contribution < 1.29 is 14.3 Å². The van der Waals surface area contributed by atoms with Gasteiger partial charge in [-0.1, -0.05) is 19.4 Å². The van der Waals surface area contributed by atoms with E-state index in [1.807, 2.05) is 13.0 Å². The molecule has 0 aliphatic rings. The Morgan fingerprint density at radius 3 is 2.81 bits per heavy atom. The molecular formula is C16H26N2O3. The first kappa shape index (κ1) is 17.5. The number of unbranched alkanes of at least 4 members (excludes halogenated alkanes) is 1. The summed E-state index contributed by atoms with van der Waals surface area (Å²) < 4.78 is 10.8. The smallest absolute Gasteiger partial charge is 0.253 e. The quantitative estimate of drug-likeness (QED) is 0.542. The third-order valence-electron chi connectivity index (χ3n) is 3.13. The van der Waals surface area contributed by atoms with E-state index in [2.05, 4.69) is 12.2 Å². The molecule has 1 amide bonds. The van der Waals surface area contributed by atoms with Crippen LogP contribution >= 0.6 is 0 Å². The highest BCUT2D eigenvalue weighted by Crippen LogP contribution is 2.18. The largest absolute Gasteiger partial charge is 0.399 e. The number of carbonyl (C=O) groups excluding carboxylic acids is 1. The minimum absolute atomic E-state index is 0.183. The average Bonchev–Trinajstić information content (AvgIpc) is 2.46. The van der Waals surface area contributed by atoms with Crippen molar-refractivity contribution in [3.8, 4) is 0 Å². The van der Waals surface area contributed by atoms with Gasteiger partial charge in [-0.25, -0.2) is 0 Å².